The zero-order valence-electron chi connectivity index (χ0n) is 11.4. The molecule has 2 aromatic carbocycles. The molecule has 0 saturated heterocycles. The van der Waals surface area contributed by atoms with E-state index in [2.05, 4.69) is 21.2 Å². The van der Waals surface area contributed by atoms with E-state index in [0.717, 1.165) is 22.0 Å². The lowest BCUT2D eigenvalue weighted by molar-refractivity contribution is 0.0946. The first-order valence-electron chi connectivity index (χ1n) is 6.82. The molecule has 1 aliphatic rings. The fourth-order valence-corrected chi connectivity index (χ4v) is 2.97. The molecule has 0 spiro atoms. The predicted molar refractivity (Wildman–Crippen MR) is 84.7 cm³/mol. The standard InChI is InChI=1S/C17H14BrNO2/c18-14-3-1-2-11(8-14)9-16(20)13-5-4-12-6-7-19-17(21)15(12)10-13/h1-5,8,10H,6-7,9H2,(H,19,21). The highest BCUT2D eigenvalue weighted by Crippen LogP contribution is 2.18. The summed E-state index contributed by atoms with van der Waals surface area (Å²) in [5, 5.41) is 2.81. The molecule has 1 amide bonds. The van der Waals surface area contributed by atoms with Gasteiger partial charge in [0, 0.05) is 28.6 Å². The highest BCUT2D eigenvalue weighted by Gasteiger charge is 2.18. The number of nitrogens with one attached hydrogen (secondary N) is 1. The molecular formula is C17H14BrNO2. The van der Waals surface area contributed by atoms with E-state index in [1.807, 2.05) is 36.4 Å². The highest BCUT2D eigenvalue weighted by atomic mass is 79.9. The van der Waals surface area contributed by atoms with Crippen LogP contribution in [-0.2, 0) is 12.8 Å². The van der Waals surface area contributed by atoms with Gasteiger partial charge in [-0.1, -0.05) is 40.2 Å². The second kappa shape index (κ2) is 5.82. The Kier molecular flexibility index (Phi) is 3.88. The minimum absolute atomic E-state index is 0.0225. The molecule has 0 bridgehead atoms. The van der Waals surface area contributed by atoms with Crippen LogP contribution in [0.15, 0.2) is 46.9 Å². The van der Waals surface area contributed by atoms with Gasteiger partial charge in [-0.2, -0.15) is 0 Å². The van der Waals surface area contributed by atoms with Crippen molar-refractivity contribution in [3.05, 3.63) is 69.2 Å². The molecule has 3 rings (SSSR count). The number of carbonyl (C=O) groups is 2. The van der Waals surface area contributed by atoms with Crippen LogP contribution in [0.4, 0.5) is 0 Å². The smallest absolute Gasteiger partial charge is 0.251 e. The molecule has 0 fully saturated rings. The normalized spacial score (nSPS) is 13.5. The van der Waals surface area contributed by atoms with Crippen molar-refractivity contribution in [3.8, 4) is 0 Å². The van der Waals surface area contributed by atoms with Crippen LogP contribution in [0.2, 0.25) is 0 Å². The first-order valence-corrected chi connectivity index (χ1v) is 7.61. The van der Waals surface area contributed by atoms with Crippen molar-refractivity contribution < 1.29 is 9.59 Å². The number of ketones is 1. The van der Waals surface area contributed by atoms with E-state index in [-0.39, 0.29) is 11.7 Å². The maximum atomic E-state index is 12.4. The number of hydrogen-bond donors (Lipinski definition) is 1. The summed E-state index contributed by atoms with van der Waals surface area (Å²) >= 11 is 3.40. The summed E-state index contributed by atoms with van der Waals surface area (Å²) < 4.78 is 0.956. The molecule has 1 heterocycles. The van der Waals surface area contributed by atoms with Gasteiger partial charge >= 0.3 is 0 Å². The average Bonchev–Trinajstić information content (AvgIpc) is 2.47. The van der Waals surface area contributed by atoms with Gasteiger partial charge in [-0.25, -0.2) is 0 Å². The minimum Gasteiger partial charge on any atom is -0.352 e. The van der Waals surface area contributed by atoms with Crippen LogP contribution in [0, 0.1) is 0 Å². The number of amides is 1. The van der Waals surface area contributed by atoms with Crippen molar-refractivity contribution in [1.82, 2.24) is 5.32 Å². The van der Waals surface area contributed by atoms with Crippen molar-refractivity contribution in [2.75, 3.05) is 6.54 Å². The van der Waals surface area contributed by atoms with E-state index in [0.29, 0.717) is 24.1 Å². The van der Waals surface area contributed by atoms with Gasteiger partial charge in [0.05, 0.1) is 0 Å². The molecule has 1 aliphatic heterocycles. The third-order valence-corrected chi connectivity index (χ3v) is 4.10. The van der Waals surface area contributed by atoms with Crippen molar-refractivity contribution in [2.45, 2.75) is 12.8 Å². The summed E-state index contributed by atoms with van der Waals surface area (Å²) in [6, 6.07) is 13.1. The van der Waals surface area contributed by atoms with Gasteiger partial charge < -0.3 is 5.32 Å². The maximum absolute atomic E-state index is 12.4. The second-order valence-electron chi connectivity index (χ2n) is 5.11. The number of Topliss-reactive ketones (excluding diaryl/α,β-unsaturated/α-hetero) is 1. The van der Waals surface area contributed by atoms with E-state index < -0.39 is 0 Å². The third-order valence-electron chi connectivity index (χ3n) is 3.61. The predicted octanol–water partition coefficient (Wildman–Crippen LogP) is 3.16. The first-order chi connectivity index (χ1) is 10.1. The Morgan fingerprint density at radius 3 is 2.86 bits per heavy atom. The lowest BCUT2D eigenvalue weighted by Crippen LogP contribution is -2.32. The number of fused-ring (bicyclic) bond motifs is 1. The number of benzene rings is 2. The SMILES string of the molecule is O=C(Cc1cccc(Br)c1)c1ccc2c(c1)C(=O)NCC2. The molecule has 3 nitrogen and oxygen atoms in total. The molecule has 0 atom stereocenters. The van der Waals surface area contributed by atoms with Gasteiger partial charge in [-0.05, 0) is 35.7 Å². The molecule has 2 aromatic rings. The summed E-state index contributed by atoms with van der Waals surface area (Å²) in [6.07, 6.45) is 1.15. The Balaban J connectivity index is 1.85. The maximum Gasteiger partial charge on any atom is 0.251 e. The molecule has 0 aliphatic carbocycles. The first kappa shape index (κ1) is 14.0. The van der Waals surface area contributed by atoms with Gasteiger partial charge in [-0.3, -0.25) is 9.59 Å². The fourth-order valence-electron chi connectivity index (χ4n) is 2.52. The molecule has 0 radical (unpaired) electrons. The Hall–Kier alpha value is -1.94. The summed E-state index contributed by atoms with van der Waals surface area (Å²) in [5.74, 6) is -0.0670. The van der Waals surface area contributed by atoms with Crippen molar-refractivity contribution >= 4 is 27.6 Å². The van der Waals surface area contributed by atoms with Crippen LogP contribution in [-0.4, -0.2) is 18.2 Å². The zero-order valence-corrected chi connectivity index (χ0v) is 12.9. The van der Waals surface area contributed by atoms with Crippen LogP contribution in [0.5, 0.6) is 0 Å². The lowest BCUT2D eigenvalue weighted by atomic mass is 9.95. The molecular weight excluding hydrogens is 330 g/mol. The topological polar surface area (TPSA) is 46.2 Å². The summed E-state index contributed by atoms with van der Waals surface area (Å²) in [6.45, 7) is 0.664. The van der Waals surface area contributed by atoms with Crippen LogP contribution in [0.3, 0.4) is 0 Å². The molecule has 4 heteroatoms. The van der Waals surface area contributed by atoms with Crippen molar-refractivity contribution in [3.63, 3.8) is 0 Å². The van der Waals surface area contributed by atoms with Crippen LogP contribution in [0.25, 0.3) is 0 Å². The molecule has 21 heavy (non-hydrogen) atoms. The Bertz CT molecular complexity index is 724. The monoisotopic (exact) mass is 343 g/mol. The van der Waals surface area contributed by atoms with Gasteiger partial charge in [0.25, 0.3) is 5.91 Å². The molecule has 1 N–H and O–H groups in total. The molecule has 106 valence electrons. The fraction of sp³-hybridized carbons (Fsp3) is 0.176. The van der Waals surface area contributed by atoms with Crippen molar-refractivity contribution in [1.29, 1.82) is 0 Å². The Labute approximate surface area is 131 Å². The van der Waals surface area contributed by atoms with Crippen LogP contribution in [0.1, 0.15) is 31.8 Å². The molecule has 0 unspecified atom stereocenters. The minimum atomic E-state index is -0.0895. The second-order valence-corrected chi connectivity index (χ2v) is 6.02. The van der Waals surface area contributed by atoms with Crippen LogP contribution < -0.4 is 5.32 Å². The number of carbonyl (C=O) groups excluding carboxylic acids is 2. The summed E-state index contributed by atoms with van der Waals surface area (Å²) in [4.78, 5) is 24.2. The molecule has 0 aromatic heterocycles. The summed E-state index contributed by atoms with van der Waals surface area (Å²) in [5.41, 5.74) is 3.18. The number of halogens is 1. The van der Waals surface area contributed by atoms with Gasteiger partial charge in [0.15, 0.2) is 5.78 Å². The number of hydrogen-bond acceptors (Lipinski definition) is 2. The van der Waals surface area contributed by atoms with Gasteiger partial charge in [-0.15, -0.1) is 0 Å². The van der Waals surface area contributed by atoms with Crippen molar-refractivity contribution in [2.24, 2.45) is 0 Å². The lowest BCUT2D eigenvalue weighted by Gasteiger charge is -2.16. The highest BCUT2D eigenvalue weighted by molar-refractivity contribution is 9.10. The van der Waals surface area contributed by atoms with Crippen LogP contribution >= 0.6 is 15.9 Å². The largest absolute Gasteiger partial charge is 0.352 e. The molecule has 0 saturated carbocycles. The third kappa shape index (κ3) is 3.05. The zero-order chi connectivity index (χ0) is 14.8. The Morgan fingerprint density at radius 2 is 2.05 bits per heavy atom. The van der Waals surface area contributed by atoms with E-state index in [4.69, 9.17) is 0 Å². The average molecular weight is 344 g/mol. The number of rotatable bonds is 3. The van der Waals surface area contributed by atoms with E-state index in [1.165, 1.54) is 0 Å². The van der Waals surface area contributed by atoms with E-state index in [9.17, 15) is 9.59 Å². The van der Waals surface area contributed by atoms with E-state index in [1.54, 1.807) is 6.07 Å². The van der Waals surface area contributed by atoms with E-state index >= 15 is 0 Å². The van der Waals surface area contributed by atoms with Gasteiger partial charge in [0.2, 0.25) is 0 Å². The summed E-state index contributed by atoms with van der Waals surface area (Å²) in [7, 11) is 0. The van der Waals surface area contributed by atoms with Gasteiger partial charge in [0.1, 0.15) is 0 Å². The quantitative estimate of drug-likeness (QED) is 0.870. The Morgan fingerprint density at radius 1 is 1.19 bits per heavy atom.